The molecule has 8 aromatic carbocycles. The van der Waals surface area contributed by atoms with Gasteiger partial charge in [0, 0.05) is 0 Å². The molecule has 0 radical (unpaired) electrons. The van der Waals surface area contributed by atoms with Gasteiger partial charge in [0.15, 0.2) is 0 Å². The van der Waals surface area contributed by atoms with Crippen LogP contribution in [0.25, 0.3) is 41.7 Å². The maximum atomic E-state index is 2.59. The van der Waals surface area contributed by atoms with Crippen LogP contribution < -0.4 is 27.6 Å². The summed E-state index contributed by atoms with van der Waals surface area (Å²) in [6.07, 6.45) is 0. The molecule has 1 aromatic heterocycles. The summed E-state index contributed by atoms with van der Waals surface area (Å²) < 4.78 is 8.37. The summed E-state index contributed by atoms with van der Waals surface area (Å²) in [5, 5.41) is 7.76. The Morgan fingerprint density at radius 3 is 1.27 bits per heavy atom. The van der Waals surface area contributed by atoms with Crippen LogP contribution in [-0.2, 0) is 0 Å². The van der Waals surface area contributed by atoms with Gasteiger partial charge in [0.05, 0.1) is 0 Å². The van der Waals surface area contributed by atoms with E-state index in [1.54, 1.807) is 0 Å². The van der Waals surface area contributed by atoms with E-state index < -0.39 is 0 Å². The van der Waals surface area contributed by atoms with Crippen LogP contribution in [0.15, 0.2) is 158 Å². The van der Waals surface area contributed by atoms with E-state index in [1.807, 2.05) is 11.3 Å². The first-order valence-electron chi connectivity index (χ1n) is 16.4. The van der Waals surface area contributed by atoms with E-state index >= 15 is 0 Å². The van der Waals surface area contributed by atoms with Crippen molar-refractivity contribution in [3.05, 3.63) is 158 Å². The topological polar surface area (TPSA) is 6.48 Å². The van der Waals surface area contributed by atoms with Crippen LogP contribution in [-0.4, -0.2) is 29.9 Å². The number of hydrogen-bond donors (Lipinski definition) is 0. The van der Waals surface area contributed by atoms with E-state index in [1.165, 1.54) is 93.7 Å². The third-order valence-electron chi connectivity index (χ3n) is 9.78. The summed E-state index contributed by atoms with van der Waals surface area (Å²) in [5.74, 6) is 0. The quantitative estimate of drug-likeness (QED) is 0.128. The summed E-state index contributed by atoms with van der Waals surface area (Å²) in [7, 11) is 0. The first-order valence-corrected chi connectivity index (χ1v) is 20.7. The van der Waals surface area contributed by atoms with Gasteiger partial charge in [0.25, 0.3) is 0 Å². The van der Waals surface area contributed by atoms with E-state index in [-0.39, 0.29) is 29.9 Å². The van der Waals surface area contributed by atoms with Crippen molar-refractivity contribution in [2.45, 2.75) is 0 Å². The Bertz CT molecular complexity index is 2720. The van der Waals surface area contributed by atoms with E-state index in [9.17, 15) is 0 Å². The number of hydrogen-bond acceptors (Lipinski definition) is 3. The summed E-state index contributed by atoms with van der Waals surface area (Å²) in [6, 6.07) is 59.1. The van der Waals surface area contributed by atoms with Crippen molar-refractivity contribution in [3.8, 4) is 0 Å². The monoisotopic (exact) mass is 774 g/mol. The molecule has 0 spiro atoms. The van der Waals surface area contributed by atoms with Gasteiger partial charge in [0.1, 0.15) is 0 Å². The zero-order chi connectivity index (χ0) is 32.1. The van der Waals surface area contributed by atoms with Crippen molar-refractivity contribution >= 4 is 135 Å². The van der Waals surface area contributed by atoms with Gasteiger partial charge in [-0.25, -0.2) is 0 Å². The molecule has 0 unspecified atom stereocenters. The summed E-state index contributed by atoms with van der Waals surface area (Å²) in [6.45, 7) is 0. The minimum atomic E-state index is 0.189. The van der Waals surface area contributed by atoms with Crippen LogP contribution in [0.3, 0.4) is 0 Å². The molecule has 11 rings (SSSR count). The second-order valence-corrected chi connectivity index (χ2v) is 18.1. The van der Waals surface area contributed by atoms with Crippen LogP contribution in [0, 0.1) is 0 Å². The third kappa shape index (κ3) is 4.12. The van der Waals surface area contributed by atoms with E-state index in [4.69, 9.17) is 0 Å². The summed E-state index contributed by atoms with van der Waals surface area (Å²) >= 11 is 2.34. The van der Waals surface area contributed by atoms with Gasteiger partial charge in [0.2, 0.25) is 0 Å². The van der Waals surface area contributed by atoms with Crippen LogP contribution in [0.4, 0.5) is 34.1 Å². The van der Waals surface area contributed by atoms with Gasteiger partial charge in [-0.15, -0.1) is 0 Å². The molecule has 230 valence electrons. The second kappa shape index (κ2) is 10.8. The van der Waals surface area contributed by atoms with Gasteiger partial charge in [-0.2, -0.15) is 0 Å². The Kier molecular flexibility index (Phi) is 6.19. The molecule has 0 bridgehead atoms. The van der Waals surface area contributed by atoms with Gasteiger partial charge in [-0.3, -0.25) is 0 Å². The standard InChI is InChI=1S/C44H26N2SSe2/c1-3-16-30-28(14-1)43(45-33-18-6-10-22-39(33)48-40-23-11-7-19-34(40)45)29-15-2-4-17-31(29)44(30)46-35-20-8-12-24-41(35)49-42-25-32-27-13-5-9-21-37(27)47-38(32)26-36(42)46/h1-26H. The zero-order valence-corrected chi connectivity index (χ0v) is 30.4. The molecule has 2 aliphatic rings. The molecule has 0 fully saturated rings. The van der Waals surface area contributed by atoms with Crippen molar-refractivity contribution in [2.24, 2.45) is 0 Å². The predicted molar refractivity (Wildman–Crippen MR) is 214 cm³/mol. The number of nitrogens with zero attached hydrogens (tertiary/aromatic N) is 2. The molecular weight excluding hydrogens is 746 g/mol. The molecule has 0 aliphatic carbocycles. The Balaban J connectivity index is 1.26. The second-order valence-electron chi connectivity index (χ2n) is 12.5. The number of benzene rings is 8. The molecule has 2 aliphatic heterocycles. The van der Waals surface area contributed by atoms with Gasteiger partial charge in [-0.1, -0.05) is 0 Å². The minimum absolute atomic E-state index is 0.189. The molecule has 3 heterocycles. The number of fused-ring (bicyclic) bond motifs is 9. The molecule has 2 nitrogen and oxygen atoms in total. The normalized spacial score (nSPS) is 13.5. The van der Waals surface area contributed by atoms with Crippen molar-refractivity contribution in [2.75, 3.05) is 9.80 Å². The van der Waals surface area contributed by atoms with Crippen molar-refractivity contribution in [1.29, 1.82) is 0 Å². The number of thiophene rings is 1. The van der Waals surface area contributed by atoms with Crippen molar-refractivity contribution < 1.29 is 0 Å². The number of rotatable bonds is 2. The molecule has 49 heavy (non-hydrogen) atoms. The average Bonchev–Trinajstić information content (AvgIpc) is 3.52. The average molecular weight is 773 g/mol. The number of para-hydroxylation sites is 3. The zero-order valence-electron chi connectivity index (χ0n) is 26.1. The Morgan fingerprint density at radius 2 is 0.735 bits per heavy atom. The summed E-state index contributed by atoms with van der Waals surface area (Å²) in [4.78, 5) is 5.14. The van der Waals surface area contributed by atoms with Crippen LogP contribution in [0.5, 0.6) is 0 Å². The molecule has 0 N–H and O–H groups in total. The fourth-order valence-electron chi connectivity index (χ4n) is 7.72. The molecular formula is C44H26N2SSe2. The fourth-order valence-corrected chi connectivity index (χ4v) is 13.3. The molecule has 5 heteroatoms. The Labute approximate surface area is 300 Å². The maximum absolute atomic E-state index is 2.59. The van der Waals surface area contributed by atoms with Crippen LogP contribution >= 0.6 is 11.3 Å². The predicted octanol–water partition coefficient (Wildman–Crippen LogP) is 9.24. The van der Waals surface area contributed by atoms with Crippen molar-refractivity contribution in [1.82, 2.24) is 0 Å². The van der Waals surface area contributed by atoms with Gasteiger partial charge in [-0.05, 0) is 0 Å². The number of anilines is 6. The molecule has 0 amide bonds. The first kappa shape index (κ1) is 28.0. The van der Waals surface area contributed by atoms with Gasteiger partial charge >= 0.3 is 302 Å². The first-order chi connectivity index (χ1) is 24.3. The third-order valence-corrected chi connectivity index (χ3v) is 15.6. The Hall–Kier alpha value is -4.86. The molecule has 0 atom stereocenters. The van der Waals surface area contributed by atoms with E-state index in [0.717, 1.165) is 0 Å². The van der Waals surface area contributed by atoms with Crippen LogP contribution in [0.2, 0.25) is 0 Å². The summed E-state index contributed by atoms with van der Waals surface area (Å²) in [5.41, 5.74) is 7.66. The molecule has 0 saturated carbocycles. The molecule has 0 saturated heterocycles. The SMILES string of the molecule is c1ccc2c(c1)[Se]c1ccccc1N2c1c2ccccc2c(N2c3ccccc3[Se]c3cc4c(cc32)sc2ccccc24)c2ccccc12. The molecule has 9 aromatic rings. The van der Waals surface area contributed by atoms with Crippen LogP contribution in [0.1, 0.15) is 0 Å². The van der Waals surface area contributed by atoms with Gasteiger partial charge < -0.3 is 0 Å². The fraction of sp³-hybridized carbons (Fsp3) is 0. The van der Waals surface area contributed by atoms with Crippen molar-refractivity contribution in [3.63, 3.8) is 0 Å². The Morgan fingerprint density at radius 1 is 0.327 bits per heavy atom. The van der Waals surface area contributed by atoms with E-state index in [0.29, 0.717) is 0 Å². The van der Waals surface area contributed by atoms with E-state index in [2.05, 4.69) is 168 Å².